The highest BCUT2D eigenvalue weighted by Crippen LogP contribution is 2.28. The molecule has 2 aromatic rings. The molecule has 0 aliphatic heterocycles. The standard InChI is InChI=1S/C16H23N3/c1-3-6-12(2)11-16(19-17)14-9-10-18-15-8-5-4-7-13(14)15/h4-5,7-10,12,16,19H,3,6,11,17H2,1-2H3. The summed E-state index contributed by atoms with van der Waals surface area (Å²) >= 11 is 0. The summed E-state index contributed by atoms with van der Waals surface area (Å²) in [6.45, 7) is 4.51. The van der Waals surface area contributed by atoms with E-state index in [4.69, 9.17) is 5.84 Å². The lowest BCUT2D eigenvalue weighted by atomic mass is 9.92. The second-order valence-electron chi connectivity index (χ2n) is 5.27. The number of hydrogen-bond donors (Lipinski definition) is 2. The van der Waals surface area contributed by atoms with Crippen LogP contribution < -0.4 is 11.3 Å². The summed E-state index contributed by atoms with van der Waals surface area (Å²) in [6.07, 6.45) is 5.38. The fourth-order valence-corrected chi connectivity index (χ4v) is 2.72. The fourth-order valence-electron chi connectivity index (χ4n) is 2.72. The monoisotopic (exact) mass is 257 g/mol. The number of hydrazine groups is 1. The van der Waals surface area contributed by atoms with E-state index in [0.717, 1.165) is 11.9 Å². The van der Waals surface area contributed by atoms with Crippen LogP contribution in [-0.2, 0) is 0 Å². The molecule has 2 atom stereocenters. The number of benzene rings is 1. The highest BCUT2D eigenvalue weighted by molar-refractivity contribution is 5.82. The average molecular weight is 257 g/mol. The van der Waals surface area contributed by atoms with Gasteiger partial charge in [0, 0.05) is 17.6 Å². The van der Waals surface area contributed by atoms with Crippen molar-refractivity contribution in [3.8, 4) is 0 Å². The van der Waals surface area contributed by atoms with Crippen LogP contribution in [0.1, 0.15) is 44.7 Å². The molecule has 0 aliphatic rings. The minimum atomic E-state index is 0.189. The lowest BCUT2D eigenvalue weighted by Gasteiger charge is -2.21. The molecule has 19 heavy (non-hydrogen) atoms. The number of rotatable bonds is 6. The van der Waals surface area contributed by atoms with Gasteiger partial charge in [-0.25, -0.2) is 0 Å². The first-order valence-corrected chi connectivity index (χ1v) is 7.06. The quantitative estimate of drug-likeness (QED) is 0.614. The molecule has 1 aromatic carbocycles. The zero-order valence-electron chi connectivity index (χ0n) is 11.8. The number of hydrogen-bond acceptors (Lipinski definition) is 3. The van der Waals surface area contributed by atoms with Gasteiger partial charge in [-0.1, -0.05) is 44.9 Å². The molecule has 3 nitrogen and oxygen atoms in total. The minimum absolute atomic E-state index is 0.189. The Kier molecular flexibility index (Phi) is 4.88. The third kappa shape index (κ3) is 3.31. The predicted octanol–water partition coefficient (Wildman–Crippen LogP) is 3.57. The van der Waals surface area contributed by atoms with Gasteiger partial charge < -0.3 is 0 Å². The Hall–Kier alpha value is -1.45. The van der Waals surface area contributed by atoms with Gasteiger partial charge in [0.05, 0.1) is 5.52 Å². The van der Waals surface area contributed by atoms with Crippen molar-refractivity contribution in [2.45, 2.75) is 39.2 Å². The SMILES string of the molecule is CCCC(C)CC(NN)c1ccnc2ccccc12. The van der Waals surface area contributed by atoms with E-state index in [1.165, 1.54) is 23.8 Å². The Morgan fingerprint density at radius 2 is 2.05 bits per heavy atom. The summed E-state index contributed by atoms with van der Waals surface area (Å²) in [5, 5.41) is 1.19. The number of para-hydroxylation sites is 1. The molecule has 1 aromatic heterocycles. The number of nitrogens with zero attached hydrogens (tertiary/aromatic N) is 1. The Bertz CT molecular complexity index is 519. The van der Waals surface area contributed by atoms with Gasteiger partial charge in [-0.3, -0.25) is 16.3 Å². The summed E-state index contributed by atoms with van der Waals surface area (Å²) in [4.78, 5) is 4.41. The molecule has 0 aliphatic carbocycles. The van der Waals surface area contributed by atoms with Gasteiger partial charge in [-0.15, -0.1) is 0 Å². The molecule has 102 valence electrons. The number of pyridine rings is 1. The molecule has 3 heteroatoms. The van der Waals surface area contributed by atoms with Crippen LogP contribution in [0.5, 0.6) is 0 Å². The number of fused-ring (bicyclic) bond motifs is 1. The molecular formula is C16H23N3. The highest BCUT2D eigenvalue weighted by Gasteiger charge is 2.16. The third-order valence-electron chi connectivity index (χ3n) is 3.68. The Labute approximate surface area is 115 Å². The number of nitrogens with two attached hydrogens (primary N) is 1. The van der Waals surface area contributed by atoms with Gasteiger partial charge >= 0.3 is 0 Å². The van der Waals surface area contributed by atoms with Crippen molar-refractivity contribution in [1.82, 2.24) is 10.4 Å². The number of aromatic nitrogens is 1. The zero-order valence-corrected chi connectivity index (χ0v) is 11.8. The molecular weight excluding hydrogens is 234 g/mol. The maximum Gasteiger partial charge on any atom is 0.0705 e. The van der Waals surface area contributed by atoms with Crippen molar-refractivity contribution in [3.63, 3.8) is 0 Å². The first-order valence-electron chi connectivity index (χ1n) is 7.06. The van der Waals surface area contributed by atoms with Crippen LogP contribution >= 0.6 is 0 Å². The highest BCUT2D eigenvalue weighted by atomic mass is 15.2. The van der Waals surface area contributed by atoms with Gasteiger partial charge in [-0.2, -0.15) is 0 Å². The molecule has 0 fully saturated rings. The predicted molar refractivity (Wildman–Crippen MR) is 80.5 cm³/mol. The fraction of sp³-hybridized carbons (Fsp3) is 0.438. The summed E-state index contributed by atoms with van der Waals surface area (Å²) in [6, 6.07) is 10.5. The second-order valence-corrected chi connectivity index (χ2v) is 5.27. The van der Waals surface area contributed by atoms with Gasteiger partial charge in [0.2, 0.25) is 0 Å². The van der Waals surface area contributed by atoms with Crippen molar-refractivity contribution in [2.24, 2.45) is 11.8 Å². The van der Waals surface area contributed by atoms with E-state index >= 15 is 0 Å². The average Bonchev–Trinajstić information content (AvgIpc) is 2.44. The normalized spacial score (nSPS) is 14.5. The molecule has 1 heterocycles. The molecule has 0 spiro atoms. The summed E-state index contributed by atoms with van der Waals surface area (Å²) in [7, 11) is 0. The largest absolute Gasteiger partial charge is 0.271 e. The van der Waals surface area contributed by atoms with Crippen molar-refractivity contribution in [1.29, 1.82) is 0 Å². The molecule has 0 saturated heterocycles. The maximum absolute atomic E-state index is 5.77. The van der Waals surface area contributed by atoms with Crippen molar-refractivity contribution in [2.75, 3.05) is 0 Å². The Morgan fingerprint density at radius 3 is 2.79 bits per heavy atom. The molecule has 2 unspecified atom stereocenters. The molecule has 0 amide bonds. The third-order valence-corrected chi connectivity index (χ3v) is 3.68. The van der Waals surface area contributed by atoms with Gasteiger partial charge in [0.25, 0.3) is 0 Å². The number of nitrogens with one attached hydrogen (secondary N) is 1. The van der Waals surface area contributed by atoms with Crippen molar-refractivity contribution < 1.29 is 0 Å². The first kappa shape index (κ1) is 14.0. The van der Waals surface area contributed by atoms with Gasteiger partial charge in [0.1, 0.15) is 0 Å². The van der Waals surface area contributed by atoms with Crippen LogP contribution in [0.25, 0.3) is 10.9 Å². The van der Waals surface area contributed by atoms with Gasteiger partial charge in [-0.05, 0) is 30.0 Å². The van der Waals surface area contributed by atoms with Crippen LogP contribution in [0.2, 0.25) is 0 Å². The van der Waals surface area contributed by atoms with Crippen molar-refractivity contribution >= 4 is 10.9 Å². The van der Waals surface area contributed by atoms with Crippen molar-refractivity contribution in [3.05, 3.63) is 42.1 Å². The second kappa shape index (κ2) is 6.64. The van der Waals surface area contributed by atoms with Gasteiger partial charge in [0.15, 0.2) is 0 Å². The maximum atomic E-state index is 5.77. The molecule has 3 N–H and O–H groups in total. The molecule has 2 rings (SSSR count). The Morgan fingerprint density at radius 1 is 1.26 bits per heavy atom. The summed E-state index contributed by atoms with van der Waals surface area (Å²) < 4.78 is 0. The van der Waals surface area contributed by atoms with E-state index in [1.54, 1.807) is 0 Å². The van der Waals surface area contributed by atoms with E-state index in [2.05, 4.69) is 42.5 Å². The smallest absolute Gasteiger partial charge is 0.0705 e. The van der Waals surface area contributed by atoms with E-state index in [1.807, 2.05) is 18.3 Å². The molecule has 0 saturated carbocycles. The minimum Gasteiger partial charge on any atom is -0.271 e. The van der Waals surface area contributed by atoms with E-state index in [-0.39, 0.29) is 6.04 Å². The van der Waals surface area contributed by atoms with Crippen LogP contribution in [0.4, 0.5) is 0 Å². The van der Waals surface area contributed by atoms with Crippen LogP contribution in [0, 0.1) is 5.92 Å². The lowest BCUT2D eigenvalue weighted by Crippen LogP contribution is -2.29. The topological polar surface area (TPSA) is 50.9 Å². The van der Waals surface area contributed by atoms with Crippen LogP contribution in [0.15, 0.2) is 36.5 Å². The van der Waals surface area contributed by atoms with E-state index in [9.17, 15) is 0 Å². The Balaban J connectivity index is 2.30. The molecule has 0 bridgehead atoms. The summed E-state index contributed by atoms with van der Waals surface area (Å²) in [5.41, 5.74) is 5.25. The first-order chi connectivity index (χ1) is 9.26. The van der Waals surface area contributed by atoms with Crippen LogP contribution in [-0.4, -0.2) is 4.98 Å². The lowest BCUT2D eigenvalue weighted by molar-refractivity contribution is 0.396. The zero-order chi connectivity index (χ0) is 13.7. The summed E-state index contributed by atoms with van der Waals surface area (Å²) in [5.74, 6) is 6.43. The van der Waals surface area contributed by atoms with E-state index < -0.39 is 0 Å². The van der Waals surface area contributed by atoms with Crippen LogP contribution in [0.3, 0.4) is 0 Å². The molecule has 0 radical (unpaired) electrons. The van der Waals surface area contributed by atoms with E-state index in [0.29, 0.717) is 5.92 Å².